The Labute approximate surface area is 136 Å². The molecule has 0 saturated heterocycles. The van der Waals surface area contributed by atoms with Crippen molar-refractivity contribution in [2.45, 2.75) is 45.6 Å². The summed E-state index contributed by atoms with van der Waals surface area (Å²) in [6.45, 7) is 6.19. The molecule has 0 aliphatic heterocycles. The molecule has 0 saturated carbocycles. The first-order valence-corrected chi connectivity index (χ1v) is 7.91. The van der Waals surface area contributed by atoms with Crippen LogP contribution in [0.5, 0.6) is 0 Å². The molecular weight excluding hydrogens is 292 g/mol. The van der Waals surface area contributed by atoms with Crippen LogP contribution in [-0.4, -0.2) is 22.7 Å². The minimum absolute atomic E-state index is 0.0299. The molecule has 1 heterocycles. The van der Waals surface area contributed by atoms with Gasteiger partial charge in [-0.25, -0.2) is 0 Å². The highest BCUT2D eigenvalue weighted by molar-refractivity contribution is 5.76. The molecule has 1 aromatic carbocycles. The summed E-state index contributed by atoms with van der Waals surface area (Å²) in [5.74, 6) is 0.792. The molecule has 0 spiro atoms. The van der Waals surface area contributed by atoms with E-state index >= 15 is 0 Å². The highest BCUT2D eigenvalue weighted by Crippen LogP contribution is 2.25. The van der Waals surface area contributed by atoms with Gasteiger partial charge in [-0.2, -0.15) is 0 Å². The maximum Gasteiger partial charge on any atom is 0.220 e. The van der Waals surface area contributed by atoms with Crippen molar-refractivity contribution in [3.05, 3.63) is 52.9 Å². The van der Waals surface area contributed by atoms with Gasteiger partial charge in [0.05, 0.1) is 11.8 Å². The smallest absolute Gasteiger partial charge is 0.220 e. The highest BCUT2D eigenvalue weighted by atomic mass is 16.5. The Balaban J connectivity index is 1.77. The number of carbonyl (C=O) groups is 1. The Kier molecular flexibility index (Phi) is 5.93. The highest BCUT2D eigenvalue weighted by Gasteiger charge is 2.19. The Morgan fingerprint density at radius 1 is 1.30 bits per heavy atom. The third-order valence-corrected chi connectivity index (χ3v) is 4.00. The summed E-state index contributed by atoms with van der Waals surface area (Å²) in [4.78, 5) is 12.0. The van der Waals surface area contributed by atoms with Crippen LogP contribution >= 0.6 is 0 Å². The normalized spacial score (nSPS) is 13.6. The van der Waals surface area contributed by atoms with E-state index in [2.05, 4.69) is 10.5 Å². The third kappa shape index (κ3) is 4.66. The summed E-state index contributed by atoms with van der Waals surface area (Å²) in [6, 6.07) is 9.46. The SMILES string of the molecule is Cc1noc(C)c1C(C)CC(=O)NCCC(O)c1ccccc1. The van der Waals surface area contributed by atoms with Gasteiger partial charge < -0.3 is 14.9 Å². The molecule has 2 atom stereocenters. The molecular formula is C18H24N2O3. The molecule has 1 amide bonds. The molecule has 0 aliphatic carbocycles. The Morgan fingerprint density at radius 3 is 2.61 bits per heavy atom. The van der Waals surface area contributed by atoms with Crippen LogP contribution in [0.3, 0.4) is 0 Å². The molecule has 0 bridgehead atoms. The molecule has 2 rings (SSSR count). The lowest BCUT2D eigenvalue weighted by molar-refractivity contribution is -0.121. The fraction of sp³-hybridized carbons (Fsp3) is 0.444. The van der Waals surface area contributed by atoms with Gasteiger partial charge in [-0.15, -0.1) is 0 Å². The lowest BCUT2D eigenvalue weighted by Gasteiger charge is -2.13. The zero-order chi connectivity index (χ0) is 16.8. The van der Waals surface area contributed by atoms with E-state index in [1.54, 1.807) is 0 Å². The number of hydrogen-bond donors (Lipinski definition) is 2. The number of aliphatic hydroxyl groups is 1. The molecule has 124 valence electrons. The summed E-state index contributed by atoms with van der Waals surface area (Å²) >= 11 is 0. The van der Waals surface area contributed by atoms with Crippen LogP contribution in [0.1, 0.15) is 54.4 Å². The zero-order valence-electron chi connectivity index (χ0n) is 13.9. The van der Waals surface area contributed by atoms with E-state index in [4.69, 9.17) is 4.52 Å². The Morgan fingerprint density at radius 2 is 2.00 bits per heavy atom. The maximum atomic E-state index is 12.0. The monoisotopic (exact) mass is 316 g/mol. The average molecular weight is 316 g/mol. The van der Waals surface area contributed by atoms with Crippen LogP contribution in [0.4, 0.5) is 0 Å². The van der Waals surface area contributed by atoms with E-state index < -0.39 is 6.10 Å². The van der Waals surface area contributed by atoms with Gasteiger partial charge in [0, 0.05) is 18.5 Å². The number of nitrogens with one attached hydrogen (secondary N) is 1. The van der Waals surface area contributed by atoms with Crippen LogP contribution in [0, 0.1) is 13.8 Å². The first-order valence-electron chi connectivity index (χ1n) is 7.91. The minimum atomic E-state index is -0.559. The summed E-state index contributed by atoms with van der Waals surface area (Å²) in [5.41, 5.74) is 2.71. The number of rotatable bonds is 7. The average Bonchev–Trinajstić information content (AvgIpc) is 2.87. The number of nitrogens with zero attached hydrogens (tertiary/aromatic N) is 1. The summed E-state index contributed by atoms with van der Waals surface area (Å²) in [7, 11) is 0. The number of amides is 1. The van der Waals surface area contributed by atoms with Crippen LogP contribution in [0.15, 0.2) is 34.9 Å². The Bertz CT molecular complexity index is 617. The van der Waals surface area contributed by atoms with Crippen LogP contribution in [0.2, 0.25) is 0 Å². The van der Waals surface area contributed by atoms with E-state index in [0.717, 1.165) is 22.6 Å². The second-order valence-corrected chi connectivity index (χ2v) is 5.91. The van der Waals surface area contributed by atoms with E-state index in [9.17, 15) is 9.90 Å². The number of aliphatic hydroxyl groups excluding tert-OH is 1. The van der Waals surface area contributed by atoms with Crippen molar-refractivity contribution >= 4 is 5.91 Å². The second kappa shape index (κ2) is 7.92. The summed E-state index contributed by atoms with van der Waals surface area (Å²) in [5, 5.41) is 16.9. The van der Waals surface area contributed by atoms with Crippen molar-refractivity contribution in [2.75, 3.05) is 6.54 Å². The van der Waals surface area contributed by atoms with Crippen LogP contribution < -0.4 is 5.32 Å². The van der Waals surface area contributed by atoms with Crippen LogP contribution in [0.25, 0.3) is 0 Å². The molecule has 5 heteroatoms. The lowest BCUT2D eigenvalue weighted by Crippen LogP contribution is -2.26. The topological polar surface area (TPSA) is 75.4 Å². The van der Waals surface area contributed by atoms with Gasteiger partial charge in [0.1, 0.15) is 5.76 Å². The van der Waals surface area contributed by atoms with Crippen molar-refractivity contribution in [1.82, 2.24) is 10.5 Å². The fourth-order valence-corrected chi connectivity index (χ4v) is 2.84. The van der Waals surface area contributed by atoms with Gasteiger partial charge in [0.25, 0.3) is 0 Å². The van der Waals surface area contributed by atoms with E-state index in [0.29, 0.717) is 19.4 Å². The number of benzene rings is 1. The Hall–Kier alpha value is -2.14. The molecule has 0 aliphatic rings. The largest absolute Gasteiger partial charge is 0.388 e. The molecule has 2 aromatic rings. The minimum Gasteiger partial charge on any atom is -0.388 e. The van der Waals surface area contributed by atoms with Gasteiger partial charge in [-0.3, -0.25) is 4.79 Å². The molecule has 0 radical (unpaired) electrons. The van der Waals surface area contributed by atoms with Crippen molar-refractivity contribution in [3.63, 3.8) is 0 Å². The molecule has 1 aromatic heterocycles. The van der Waals surface area contributed by atoms with Crippen molar-refractivity contribution in [1.29, 1.82) is 0 Å². The number of hydrogen-bond acceptors (Lipinski definition) is 4. The first kappa shape index (κ1) is 17.2. The molecule has 2 unspecified atom stereocenters. The zero-order valence-corrected chi connectivity index (χ0v) is 13.9. The third-order valence-electron chi connectivity index (χ3n) is 4.00. The number of aromatic nitrogens is 1. The maximum absolute atomic E-state index is 12.0. The van der Waals surface area contributed by atoms with Gasteiger partial charge in [-0.05, 0) is 31.7 Å². The molecule has 0 fully saturated rings. The van der Waals surface area contributed by atoms with Crippen molar-refractivity contribution in [2.24, 2.45) is 0 Å². The number of aryl methyl sites for hydroxylation is 2. The van der Waals surface area contributed by atoms with E-state index in [-0.39, 0.29) is 11.8 Å². The quantitative estimate of drug-likeness (QED) is 0.823. The second-order valence-electron chi connectivity index (χ2n) is 5.91. The summed E-state index contributed by atoms with van der Waals surface area (Å²) in [6.07, 6.45) is 0.316. The fourth-order valence-electron chi connectivity index (χ4n) is 2.84. The lowest BCUT2D eigenvalue weighted by atomic mass is 9.96. The van der Waals surface area contributed by atoms with Crippen molar-refractivity contribution in [3.8, 4) is 0 Å². The predicted molar refractivity (Wildman–Crippen MR) is 88.0 cm³/mol. The predicted octanol–water partition coefficient (Wildman–Crippen LogP) is 3.02. The van der Waals surface area contributed by atoms with E-state index in [1.165, 1.54) is 0 Å². The molecule has 5 nitrogen and oxygen atoms in total. The first-order chi connectivity index (χ1) is 11.0. The standard InChI is InChI=1S/C18H24N2O3/c1-12(18-13(2)20-23-14(18)3)11-17(22)19-10-9-16(21)15-7-5-4-6-8-15/h4-8,12,16,21H,9-11H2,1-3H3,(H,19,22). The van der Waals surface area contributed by atoms with Gasteiger partial charge >= 0.3 is 0 Å². The molecule has 23 heavy (non-hydrogen) atoms. The van der Waals surface area contributed by atoms with Gasteiger partial charge in [0.2, 0.25) is 5.91 Å². The molecule has 2 N–H and O–H groups in total. The van der Waals surface area contributed by atoms with E-state index in [1.807, 2.05) is 51.1 Å². The van der Waals surface area contributed by atoms with Crippen molar-refractivity contribution < 1.29 is 14.4 Å². The van der Waals surface area contributed by atoms with Gasteiger partial charge in [-0.1, -0.05) is 42.4 Å². The summed E-state index contributed by atoms with van der Waals surface area (Å²) < 4.78 is 5.14. The number of carbonyl (C=O) groups excluding carboxylic acids is 1. The van der Waals surface area contributed by atoms with Crippen LogP contribution in [-0.2, 0) is 4.79 Å². The van der Waals surface area contributed by atoms with Gasteiger partial charge in [0.15, 0.2) is 0 Å².